The van der Waals surface area contributed by atoms with Gasteiger partial charge in [0.1, 0.15) is 0 Å². The monoisotopic (exact) mass is 408 g/mol. The minimum absolute atomic E-state index is 0.292. The van der Waals surface area contributed by atoms with Crippen LogP contribution in [0.15, 0.2) is 41.8 Å². The van der Waals surface area contributed by atoms with Crippen LogP contribution in [0, 0.1) is 0 Å². The molecule has 2 aromatic rings. The van der Waals surface area contributed by atoms with Gasteiger partial charge in [-0.3, -0.25) is 0 Å². The lowest BCUT2D eigenvalue weighted by Crippen LogP contribution is -2.57. The number of carbonyl (C=O) groups is 1. The molecule has 1 fully saturated rings. The lowest BCUT2D eigenvalue weighted by atomic mass is 9.91. The van der Waals surface area contributed by atoms with Gasteiger partial charge in [0.15, 0.2) is 0 Å². The van der Waals surface area contributed by atoms with E-state index in [1.807, 2.05) is 23.6 Å². The Balaban J connectivity index is 1.88. The van der Waals surface area contributed by atoms with Crippen molar-refractivity contribution in [3.05, 3.63) is 47.3 Å². The zero-order chi connectivity index (χ0) is 19.4. The molecule has 1 amide bonds. The van der Waals surface area contributed by atoms with E-state index in [9.17, 15) is 13.2 Å². The third-order valence-electron chi connectivity index (χ3n) is 4.73. The van der Waals surface area contributed by atoms with Crippen LogP contribution >= 0.6 is 11.3 Å². The first-order valence-electron chi connectivity index (χ1n) is 8.82. The standard InChI is InChI=1S/C19H24N2O4S2/c1-25-19(22)21-10-4-8-16(20-27(2,23)24)17(21)13-14-6-3-7-15(12-14)18-9-5-11-26-18/h3,5-7,9,11-12,16-17,20H,4,8,10,13H2,1-2H3/t16-,17-/m0/s1. The Bertz CT molecular complexity index is 881. The van der Waals surface area contributed by atoms with Gasteiger partial charge in [-0.25, -0.2) is 17.9 Å². The molecule has 3 rings (SSSR count). The number of nitrogens with zero attached hydrogens (tertiary/aromatic N) is 1. The number of benzene rings is 1. The van der Waals surface area contributed by atoms with Crippen molar-refractivity contribution >= 4 is 27.5 Å². The molecule has 1 aliphatic rings. The fourth-order valence-corrected chi connectivity index (χ4v) is 5.15. The minimum Gasteiger partial charge on any atom is -0.453 e. The van der Waals surface area contributed by atoms with Crippen LogP contribution < -0.4 is 4.72 Å². The topological polar surface area (TPSA) is 75.7 Å². The van der Waals surface area contributed by atoms with Crippen LogP contribution in [-0.2, 0) is 21.2 Å². The molecule has 0 saturated carbocycles. The van der Waals surface area contributed by atoms with Crippen molar-refractivity contribution in [1.82, 2.24) is 9.62 Å². The van der Waals surface area contributed by atoms with Crippen molar-refractivity contribution in [2.75, 3.05) is 19.9 Å². The molecule has 0 unspecified atom stereocenters. The summed E-state index contributed by atoms with van der Waals surface area (Å²) >= 11 is 1.67. The van der Waals surface area contributed by atoms with E-state index >= 15 is 0 Å². The summed E-state index contributed by atoms with van der Waals surface area (Å²) in [6, 6.07) is 11.6. The number of likely N-dealkylation sites (tertiary alicyclic amines) is 1. The van der Waals surface area contributed by atoms with Crippen molar-refractivity contribution < 1.29 is 17.9 Å². The van der Waals surface area contributed by atoms with Crippen LogP contribution in [-0.4, -0.2) is 51.4 Å². The third-order valence-corrected chi connectivity index (χ3v) is 6.38. The lowest BCUT2D eigenvalue weighted by Gasteiger charge is -2.40. The van der Waals surface area contributed by atoms with Gasteiger partial charge in [-0.2, -0.15) is 0 Å². The van der Waals surface area contributed by atoms with Gasteiger partial charge in [-0.05, 0) is 41.8 Å². The highest BCUT2D eigenvalue weighted by molar-refractivity contribution is 7.88. The molecule has 1 N–H and O–H groups in total. The highest BCUT2D eigenvalue weighted by atomic mass is 32.2. The number of sulfonamides is 1. The molecule has 0 spiro atoms. The first-order chi connectivity index (χ1) is 12.9. The normalized spacial score (nSPS) is 20.4. The van der Waals surface area contributed by atoms with Gasteiger partial charge in [0.05, 0.1) is 19.4 Å². The first kappa shape index (κ1) is 19.9. The zero-order valence-electron chi connectivity index (χ0n) is 15.4. The third kappa shape index (κ3) is 5.09. The van der Waals surface area contributed by atoms with E-state index in [1.54, 1.807) is 16.2 Å². The molecule has 1 aromatic carbocycles. The summed E-state index contributed by atoms with van der Waals surface area (Å²) in [5.41, 5.74) is 2.18. The van der Waals surface area contributed by atoms with Crippen LogP contribution in [0.3, 0.4) is 0 Å². The first-order valence-corrected chi connectivity index (χ1v) is 11.6. The second-order valence-electron chi connectivity index (χ2n) is 6.75. The average Bonchev–Trinajstić information content (AvgIpc) is 3.16. The summed E-state index contributed by atoms with van der Waals surface area (Å²) in [6.45, 7) is 0.559. The van der Waals surface area contributed by atoms with Gasteiger partial charge in [0.2, 0.25) is 10.0 Å². The van der Waals surface area contributed by atoms with E-state index in [1.165, 1.54) is 12.0 Å². The molecule has 146 valence electrons. The SMILES string of the molecule is COC(=O)N1CCC[C@H](NS(C)(=O)=O)[C@@H]1Cc1cccc(-c2cccs2)c1. The van der Waals surface area contributed by atoms with Gasteiger partial charge >= 0.3 is 6.09 Å². The molecular formula is C19H24N2O4S2. The molecule has 0 radical (unpaired) electrons. The smallest absolute Gasteiger partial charge is 0.409 e. The van der Waals surface area contributed by atoms with E-state index in [-0.39, 0.29) is 12.1 Å². The maximum absolute atomic E-state index is 12.3. The molecule has 6 nitrogen and oxygen atoms in total. The molecule has 0 bridgehead atoms. The van der Waals surface area contributed by atoms with Crippen LogP contribution in [0.25, 0.3) is 10.4 Å². The highest BCUT2D eigenvalue weighted by Crippen LogP contribution is 2.28. The van der Waals surface area contributed by atoms with E-state index in [4.69, 9.17) is 4.74 Å². The summed E-state index contributed by atoms with van der Waals surface area (Å²) in [5.74, 6) is 0. The maximum Gasteiger partial charge on any atom is 0.409 e. The summed E-state index contributed by atoms with van der Waals surface area (Å²) in [6.07, 6.45) is 2.71. The number of hydrogen-bond acceptors (Lipinski definition) is 5. The second-order valence-corrected chi connectivity index (χ2v) is 9.48. The molecule has 27 heavy (non-hydrogen) atoms. The largest absolute Gasteiger partial charge is 0.453 e. The quantitative estimate of drug-likeness (QED) is 0.825. The van der Waals surface area contributed by atoms with Crippen molar-refractivity contribution in [3.8, 4) is 10.4 Å². The number of rotatable bonds is 5. The van der Waals surface area contributed by atoms with Crippen LogP contribution in [0.4, 0.5) is 4.79 Å². The van der Waals surface area contributed by atoms with E-state index in [2.05, 4.69) is 22.9 Å². The number of hydrogen-bond donors (Lipinski definition) is 1. The van der Waals surface area contributed by atoms with E-state index in [0.717, 1.165) is 23.8 Å². The molecular weight excluding hydrogens is 384 g/mol. The fourth-order valence-electron chi connectivity index (χ4n) is 3.60. The number of carbonyl (C=O) groups excluding carboxylic acids is 1. The van der Waals surface area contributed by atoms with E-state index < -0.39 is 16.1 Å². The maximum atomic E-state index is 12.3. The van der Waals surface area contributed by atoms with Crippen molar-refractivity contribution in [2.45, 2.75) is 31.3 Å². The van der Waals surface area contributed by atoms with Gasteiger partial charge in [0.25, 0.3) is 0 Å². The molecule has 8 heteroatoms. The van der Waals surface area contributed by atoms with Gasteiger partial charge in [-0.1, -0.05) is 30.3 Å². The van der Waals surface area contributed by atoms with Gasteiger partial charge in [0, 0.05) is 17.5 Å². The summed E-state index contributed by atoms with van der Waals surface area (Å²) < 4.78 is 31.3. The molecule has 2 atom stereocenters. The van der Waals surface area contributed by atoms with Crippen molar-refractivity contribution in [3.63, 3.8) is 0 Å². The number of amides is 1. The summed E-state index contributed by atoms with van der Waals surface area (Å²) in [5, 5.41) is 2.04. The Morgan fingerprint density at radius 1 is 1.33 bits per heavy atom. The Labute approximate surface area is 164 Å². The van der Waals surface area contributed by atoms with Crippen molar-refractivity contribution in [1.29, 1.82) is 0 Å². The Morgan fingerprint density at radius 2 is 2.15 bits per heavy atom. The van der Waals surface area contributed by atoms with E-state index in [0.29, 0.717) is 19.4 Å². The average molecular weight is 409 g/mol. The summed E-state index contributed by atoms with van der Waals surface area (Å²) in [4.78, 5) is 15.1. The molecule has 1 saturated heterocycles. The zero-order valence-corrected chi connectivity index (χ0v) is 17.1. The molecule has 1 aliphatic heterocycles. The molecule has 1 aromatic heterocycles. The Morgan fingerprint density at radius 3 is 2.81 bits per heavy atom. The number of methoxy groups -OCH3 is 1. The minimum atomic E-state index is -3.38. The number of ether oxygens (including phenoxy) is 1. The van der Waals surface area contributed by atoms with Crippen molar-refractivity contribution in [2.24, 2.45) is 0 Å². The molecule has 2 heterocycles. The van der Waals surface area contributed by atoms with Crippen LogP contribution in [0.5, 0.6) is 0 Å². The Hall–Kier alpha value is -1.90. The number of piperidine rings is 1. The number of thiophene rings is 1. The Kier molecular flexibility index (Phi) is 6.18. The van der Waals surface area contributed by atoms with Gasteiger partial charge < -0.3 is 9.64 Å². The summed E-state index contributed by atoms with van der Waals surface area (Å²) in [7, 11) is -2.02. The predicted octanol–water partition coefficient (Wildman–Crippen LogP) is 3.11. The number of nitrogens with one attached hydrogen (secondary N) is 1. The predicted molar refractivity (Wildman–Crippen MR) is 107 cm³/mol. The fraction of sp³-hybridized carbons (Fsp3) is 0.421. The highest BCUT2D eigenvalue weighted by Gasteiger charge is 2.36. The van der Waals surface area contributed by atoms with Crippen LogP contribution in [0.2, 0.25) is 0 Å². The second kappa shape index (κ2) is 8.41. The van der Waals surface area contributed by atoms with Gasteiger partial charge in [-0.15, -0.1) is 11.3 Å². The van der Waals surface area contributed by atoms with Crippen LogP contribution in [0.1, 0.15) is 18.4 Å². The molecule has 0 aliphatic carbocycles. The lowest BCUT2D eigenvalue weighted by molar-refractivity contribution is 0.0792.